The monoisotopic (exact) mass is 739 g/mol. The summed E-state index contributed by atoms with van der Waals surface area (Å²) in [6, 6.07) is 21.4. The molecule has 0 heterocycles. The second-order valence-electron chi connectivity index (χ2n) is 16.0. The lowest BCUT2D eigenvalue weighted by atomic mass is 9.74. The standard InChI is InChI=1S/C48H57N3O4/c1-8-11-12-13-26-51(41-22-18-35(19-23-41)14-16-37-27-39(31-47(4,5)29-37)43(33-49)45(52)54-9-2)42-24-20-36(21-25-42)15-17-38-28-40(32-48(6,7)30-38)44(34-50)46(53)55-10-3/h14-25,27-28H,8-13,26,29-32H2,1-7H3/b16-14+,17-15+,43-39-,44-40-. The van der Waals surface area contributed by atoms with Crippen LogP contribution < -0.4 is 4.90 Å². The van der Waals surface area contributed by atoms with Gasteiger partial charge in [-0.3, -0.25) is 0 Å². The number of carbonyl (C=O) groups excluding carboxylic acids is 2. The van der Waals surface area contributed by atoms with E-state index in [1.165, 1.54) is 19.3 Å². The molecule has 2 aromatic carbocycles. The highest BCUT2D eigenvalue weighted by Crippen LogP contribution is 2.41. The van der Waals surface area contributed by atoms with Crippen molar-refractivity contribution in [2.24, 2.45) is 10.8 Å². The van der Waals surface area contributed by atoms with Crippen LogP contribution in [0.25, 0.3) is 12.2 Å². The third-order valence-corrected chi connectivity index (χ3v) is 9.87. The Labute approximate surface area is 329 Å². The highest BCUT2D eigenvalue weighted by Gasteiger charge is 2.30. The molecule has 288 valence electrons. The third-order valence-electron chi connectivity index (χ3n) is 9.87. The first-order valence-electron chi connectivity index (χ1n) is 19.7. The maximum absolute atomic E-state index is 12.5. The van der Waals surface area contributed by atoms with E-state index in [4.69, 9.17) is 9.47 Å². The quantitative estimate of drug-likeness (QED) is 0.0775. The van der Waals surface area contributed by atoms with Crippen molar-refractivity contribution >= 4 is 35.5 Å². The molecule has 7 nitrogen and oxygen atoms in total. The summed E-state index contributed by atoms with van der Waals surface area (Å²) >= 11 is 0. The number of hydrogen-bond donors (Lipinski definition) is 0. The van der Waals surface area contributed by atoms with Crippen LogP contribution in [0.1, 0.15) is 111 Å². The first-order chi connectivity index (χ1) is 26.3. The molecule has 55 heavy (non-hydrogen) atoms. The molecule has 7 heteroatoms. The molecule has 0 bridgehead atoms. The van der Waals surface area contributed by atoms with Crippen LogP contribution in [0.15, 0.2) is 106 Å². The van der Waals surface area contributed by atoms with Crippen molar-refractivity contribution in [3.8, 4) is 12.1 Å². The van der Waals surface area contributed by atoms with Gasteiger partial charge in [0.1, 0.15) is 23.3 Å². The van der Waals surface area contributed by atoms with Crippen LogP contribution >= 0.6 is 0 Å². The van der Waals surface area contributed by atoms with Gasteiger partial charge >= 0.3 is 11.9 Å². The van der Waals surface area contributed by atoms with Gasteiger partial charge in [0, 0.05) is 17.9 Å². The first kappa shape index (κ1) is 42.3. The Hall–Kier alpha value is -5.40. The maximum Gasteiger partial charge on any atom is 0.349 e. The van der Waals surface area contributed by atoms with E-state index in [-0.39, 0.29) is 35.2 Å². The zero-order valence-electron chi connectivity index (χ0n) is 33.8. The van der Waals surface area contributed by atoms with Crippen molar-refractivity contribution in [1.29, 1.82) is 10.5 Å². The smallest absolute Gasteiger partial charge is 0.349 e. The normalized spacial score (nSPS) is 18.1. The van der Waals surface area contributed by atoms with Crippen molar-refractivity contribution in [3.63, 3.8) is 0 Å². The number of unbranched alkanes of at least 4 members (excludes halogenated alkanes) is 3. The van der Waals surface area contributed by atoms with Crippen molar-refractivity contribution in [3.05, 3.63) is 117 Å². The van der Waals surface area contributed by atoms with Gasteiger partial charge < -0.3 is 14.4 Å². The Morgan fingerprint density at radius 3 is 1.42 bits per heavy atom. The molecule has 0 unspecified atom stereocenters. The summed E-state index contributed by atoms with van der Waals surface area (Å²) in [5.41, 5.74) is 7.98. The average molecular weight is 740 g/mol. The molecule has 0 N–H and O–H groups in total. The van der Waals surface area contributed by atoms with Gasteiger partial charge in [-0.1, -0.05) is 115 Å². The van der Waals surface area contributed by atoms with Gasteiger partial charge in [-0.15, -0.1) is 0 Å². The average Bonchev–Trinajstić information content (AvgIpc) is 3.13. The minimum absolute atomic E-state index is 0.0903. The summed E-state index contributed by atoms with van der Waals surface area (Å²) in [7, 11) is 0. The number of nitriles is 2. The number of nitrogens with zero attached hydrogens (tertiary/aromatic N) is 3. The molecule has 0 aromatic heterocycles. The number of anilines is 2. The zero-order valence-corrected chi connectivity index (χ0v) is 33.8. The van der Waals surface area contributed by atoms with Gasteiger partial charge in [0.2, 0.25) is 0 Å². The van der Waals surface area contributed by atoms with Crippen LogP contribution in [0.5, 0.6) is 0 Å². The van der Waals surface area contributed by atoms with Crippen molar-refractivity contribution < 1.29 is 19.1 Å². The lowest BCUT2D eigenvalue weighted by Crippen LogP contribution is -2.19. The summed E-state index contributed by atoms with van der Waals surface area (Å²) in [5, 5.41) is 19.5. The predicted molar refractivity (Wildman–Crippen MR) is 223 cm³/mol. The van der Waals surface area contributed by atoms with Crippen LogP contribution in [0.3, 0.4) is 0 Å². The molecule has 0 aliphatic heterocycles. The minimum atomic E-state index is -0.560. The molecular weight excluding hydrogens is 683 g/mol. The summed E-state index contributed by atoms with van der Waals surface area (Å²) in [5.74, 6) is -1.12. The van der Waals surface area contributed by atoms with E-state index in [9.17, 15) is 20.1 Å². The third kappa shape index (κ3) is 12.3. The molecule has 2 aliphatic rings. The topological polar surface area (TPSA) is 103 Å². The van der Waals surface area contributed by atoms with E-state index in [1.807, 2.05) is 12.2 Å². The molecule has 2 aromatic rings. The van der Waals surface area contributed by atoms with Gasteiger partial charge in [0.25, 0.3) is 0 Å². The van der Waals surface area contributed by atoms with Gasteiger partial charge in [-0.2, -0.15) is 10.5 Å². The van der Waals surface area contributed by atoms with Crippen LogP contribution in [0, 0.1) is 33.5 Å². The fourth-order valence-electron chi connectivity index (χ4n) is 7.39. The van der Waals surface area contributed by atoms with Crippen molar-refractivity contribution in [2.45, 2.75) is 99.8 Å². The van der Waals surface area contributed by atoms with Gasteiger partial charge in [0.05, 0.1) is 13.2 Å². The number of hydrogen-bond acceptors (Lipinski definition) is 7. The molecular formula is C48H57N3O4. The second kappa shape index (κ2) is 19.8. The Balaban J connectivity index is 1.55. The molecule has 0 saturated heterocycles. The Morgan fingerprint density at radius 2 is 1.05 bits per heavy atom. The highest BCUT2D eigenvalue weighted by atomic mass is 16.5. The lowest BCUT2D eigenvalue weighted by molar-refractivity contribution is -0.139. The number of esters is 2. The van der Waals surface area contributed by atoms with E-state index < -0.39 is 11.9 Å². The van der Waals surface area contributed by atoms with E-state index in [0.29, 0.717) is 12.8 Å². The van der Waals surface area contributed by atoms with Crippen LogP contribution in [0.4, 0.5) is 11.4 Å². The fourth-order valence-corrected chi connectivity index (χ4v) is 7.39. The second-order valence-corrected chi connectivity index (χ2v) is 16.0. The molecule has 0 atom stereocenters. The Kier molecular flexibility index (Phi) is 15.2. The summed E-state index contributed by atoms with van der Waals surface area (Å²) in [4.78, 5) is 27.3. The van der Waals surface area contributed by atoms with Crippen LogP contribution in [-0.4, -0.2) is 31.7 Å². The molecule has 0 amide bonds. The minimum Gasteiger partial charge on any atom is -0.462 e. The van der Waals surface area contributed by atoms with Crippen molar-refractivity contribution in [2.75, 3.05) is 24.7 Å². The Bertz CT molecular complexity index is 1820. The molecule has 2 aliphatic carbocycles. The van der Waals surface area contributed by atoms with Crippen LogP contribution in [-0.2, 0) is 19.1 Å². The predicted octanol–water partition coefficient (Wildman–Crippen LogP) is 11.7. The molecule has 0 fully saturated rings. The fraction of sp³-hybridized carbons (Fsp3) is 0.417. The number of carbonyl (C=O) groups is 2. The highest BCUT2D eigenvalue weighted by molar-refractivity contribution is 5.95. The van der Waals surface area contributed by atoms with E-state index in [2.05, 4.69) is 124 Å². The summed E-state index contributed by atoms with van der Waals surface area (Å²) in [6.07, 6.45) is 19.9. The first-order valence-corrected chi connectivity index (χ1v) is 19.7. The Morgan fingerprint density at radius 1 is 0.636 bits per heavy atom. The number of rotatable bonds is 15. The van der Waals surface area contributed by atoms with E-state index in [0.717, 1.165) is 70.6 Å². The molecule has 0 radical (unpaired) electrons. The lowest BCUT2D eigenvalue weighted by Gasteiger charge is -2.30. The molecule has 4 rings (SSSR count). The molecule has 0 spiro atoms. The summed E-state index contributed by atoms with van der Waals surface area (Å²) < 4.78 is 10.3. The van der Waals surface area contributed by atoms with Gasteiger partial charge in [0.15, 0.2) is 0 Å². The molecule has 0 saturated carbocycles. The van der Waals surface area contributed by atoms with Gasteiger partial charge in [-0.05, 0) is 114 Å². The number of allylic oxidation sites excluding steroid dienone is 8. The number of ether oxygens (including phenoxy) is 2. The largest absolute Gasteiger partial charge is 0.462 e. The van der Waals surface area contributed by atoms with Crippen LogP contribution in [0.2, 0.25) is 0 Å². The SMILES string of the molecule is CCCCCCN(c1ccc(/C=C/C2=CC(=C(\C#N)C(=O)OCC)/CC(C)(C)C2)cc1)c1ccc(/C=C/C2=CC(=C(\C#N)C(=O)OCC)/CC(C)(C)C2)cc1. The van der Waals surface area contributed by atoms with E-state index in [1.54, 1.807) is 13.8 Å². The van der Waals surface area contributed by atoms with Gasteiger partial charge in [-0.25, -0.2) is 9.59 Å². The maximum atomic E-state index is 12.5. The van der Waals surface area contributed by atoms with Crippen molar-refractivity contribution in [1.82, 2.24) is 0 Å². The number of benzene rings is 2. The summed E-state index contributed by atoms with van der Waals surface area (Å²) in [6.45, 7) is 15.7. The zero-order chi connectivity index (χ0) is 40.0. The van der Waals surface area contributed by atoms with E-state index >= 15 is 0 Å².